The Morgan fingerprint density at radius 2 is 1.96 bits per heavy atom. The van der Waals surface area contributed by atoms with E-state index in [0.29, 0.717) is 19.8 Å². The van der Waals surface area contributed by atoms with Crippen LogP contribution in [0.4, 0.5) is 4.79 Å². The van der Waals surface area contributed by atoms with Gasteiger partial charge in [0.15, 0.2) is 6.29 Å². The summed E-state index contributed by atoms with van der Waals surface area (Å²) in [5, 5.41) is 0. The molecule has 128 valence electrons. The third kappa shape index (κ3) is 3.32. The molecule has 0 N–H and O–H groups in total. The van der Waals surface area contributed by atoms with Gasteiger partial charge in [0, 0.05) is 12.5 Å². The topological polar surface area (TPSA) is 48.0 Å². The van der Waals surface area contributed by atoms with E-state index in [-0.39, 0.29) is 24.5 Å². The Hall–Kier alpha value is -1.85. The van der Waals surface area contributed by atoms with Gasteiger partial charge in [-0.1, -0.05) is 42.0 Å². The first-order chi connectivity index (χ1) is 11.8. The van der Waals surface area contributed by atoms with Crippen molar-refractivity contribution >= 4 is 6.09 Å². The van der Waals surface area contributed by atoms with E-state index in [0.717, 1.165) is 31.2 Å². The number of carbonyl (C=O) groups is 1. The molecule has 2 bridgehead atoms. The van der Waals surface area contributed by atoms with Gasteiger partial charge in [-0.25, -0.2) is 4.79 Å². The fourth-order valence-corrected chi connectivity index (χ4v) is 3.89. The average molecular weight is 329 g/mol. The SMILES string of the molecule is O=C(OCc1ccccc1)N1C2C=C(CC3OCCO3)CC1CC2. The summed E-state index contributed by atoms with van der Waals surface area (Å²) in [4.78, 5) is 14.4. The summed E-state index contributed by atoms with van der Waals surface area (Å²) in [7, 11) is 0. The van der Waals surface area contributed by atoms with Crippen LogP contribution in [0.15, 0.2) is 42.0 Å². The molecule has 3 heterocycles. The van der Waals surface area contributed by atoms with Gasteiger partial charge in [0.2, 0.25) is 0 Å². The fraction of sp³-hybridized carbons (Fsp3) is 0.526. The second kappa shape index (κ2) is 6.95. The van der Waals surface area contributed by atoms with Gasteiger partial charge >= 0.3 is 6.09 Å². The molecule has 2 atom stereocenters. The van der Waals surface area contributed by atoms with Crippen molar-refractivity contribution < 1.29 is 19.0 Å². The molecule has 2 saturated heterocycles. The number of benzene rings is 1. The average Bonchev–Trinajstić information content (AvgIpc) is 3.20. The van der Waals surface area contributed by atoms with Crippen molar-refractivity contribution in [1.82, 2.24) is 4.90 Å². The Bertz CT molecular complexity index is 609. The summed E-state index contributed by atoms with van der Waals surface area (Å²) in [6.07, 6.45) is 5.69. The van der Waals surface area contributed by atoms with Gasteiger partial charge in [-0.3, -0.25) is 4.90 Å². The highest BCUT2D eigenvalue weighted by atomic mass is 16.7. The highest BCUT2D eigenvalue weighted by Gasteiger charge is 2.40. The Morgan fingerprint density at radius 3 is 2.71 bits per heavy atom. The molecule has 3 aliphatic rings. The minimum absolute atomic E-state index is 0.104. The Balaban J connectivity index is 1.36. The molecule has 2 unspecified atom stereocenters. The largest absolute Gasteiger partial charge is 0.445 e. The van der Waals surface area contributed by atoms with Gasteiger partial charge < -0.3 is 14.2 Å². The van der Waals surface area contributed by atoms with E-state index in [1.54, 1.807) is 0 Å². The minimum Gasteiger partial charge on any atom is -0.445 e. The van der Waals surface area contributed by atoms with Crippen molar-refractivity contribution in [2.24, 2.45) is 0 Å². The first-order valence-corrected chi connectivity index (χ1v) is 8.71. The predicted molar refractivity (Wildman–Crippen MR) is 88.3 cm³/mol. The summed E-state index contributed by atoms with van der Waals surface area (Å²) < 4.78 is 16.6. The van der Waals surface area contributed by atoms with Crippen molar-refractivity contribution in [2.75, 3.05) is 13.2 Å². The molecule has 0 aromatic heterocycles. The Morgan fingerprint density at radius 1 is 1.17 bits per heavy atom. The molecule has 1 aromatic rings. The Labute approximate surface area is 142 Å². The summed E-state index contributed by atoms with van der Waals surface area (Å²) in [6, 6.07) is 10.2. The van der Waals surface area contributed by atoms with E-state index in [9.17, 15) is 4.79 Å². The van der Waals surface area contributed by atoms with E-state index in [1.165, 1.54) is 5.57 Å². The van der Waals surface area contributed by atoms with Crippen LogP contribution in [-0.4, -0.2) is 42.6 Å². The van der Waals surface area contributed by atoms with Crippen LogP contribution in [0.3, 0.4) is 0 Å². The molecule has 4 rings (SSSR count). The number of hydrogen-bond donors (Lipinski definition) is 0. The maximum Gasteiger partial charge on any atom is 0.410 e. The molecule has 1 aromatic carbocycles. The number of rotatable bonds is 4. The van der Waals surface area contributed by atoms with Crippen molar-refractivity contribution in [3.05, 3.63) is 47.5 Å². The smallest absolute Gasteiger partial charge is 0.410 e. The summed E-state index contributed by atoms with van der Waals surface area (Å²) in [5.41, 5.74) is 2.36. The predicted octanol–water partition coefficient (Wildman–Crippen LogP) is 3.25. The van der Waals surface area contributed by atoms with E-state index in [2.05, 4.69) is 6.08 Å². The lowest BCUT2D eigenvalue weighted by atomic mass is 9.99. The van der Waals surface area contributed by atoms with Crippen LogP contribution in [0.1, 0.15) is 31.2 Å². The molecule has 2 fully saturated rings. The monoisotopic (exact) mass is 329 g/mol. The normalized spacial score (nSPS) is 26.5. The third-order valence-corrected chi connectivity index (χ3v) is 5.01. The zero-order valence-corrected chi connectivity index (χ0v) is 13.7. The number of nitrogens with zero attached hydrogens (tertiary/aromatic N) is 1. The molecule has 0 spiro atoms. The molecular weight excluding hydrogens is 306 g/mol. The lowest BCUT2D eigenvalue weighted by Gasteiger charge is -2.33. The van der Waals surface area contributed by atoms with E-state index >= 15 is 0 Å². The first kappa shape index (κ1) is 15.7. The van der Waals surface area contributed by atoms with Crippen molar-refractivity contribution in [3.63, 3.8) is 0 Å². The third-order valence-electron chi connectivity index (χ3n) is 5.01. The summed E-state index contributed by atoms with van der Waals surface area (Å²) in [5.74, 6) is 0. The summed E-state index contributed by atoms with van der Waals surface area (Å²) in [6.45, 7) is 1.70. The number of amides is 1. The highest BCUT2D eigenvalue weighted by Crippen LogP contribution is 2.37. The second-order valence-electron chi connectivity index (χ2n) is 6.65. The van der Waals surface area contributed by atoms with Crippen LogP contribution < -0.4 is 0 Å². The van der Waals surface area contributed by atoms with Crippen molar-refractivity contribution in [1.29, 1.82) is 0 Å². The molecule has 5 heteroatoms. The van der Waals surface area contributed by atoms with Crippen LogP contribution in [0.25, 0.3) is 0 Å². The summed E-state index contributed by atoms with van der Waals surface area (Å²) >= 11 is 0. The molecular formula is C19H23NO4. The number of carbonyl (C=O) groups excluding carboxylic acids is 1. The lowest BCUT2D eigenvalue weighted by Crippen LogP contribution is -2.43. The number of fused-ring (bicyclic) bond motifs is 2. The van der Waals surface area contributed by atoms with Crippen LogP contribution >= 0.6 is 0 Å². The zero-order valence-electron chi connectivity index (χ0n) is 13.7. The second-order valence-corrected chi connectivity index (χ2v) is 6.65. The van der Waals surface area contributed by atoms with E-state index < -0.39 is 0 Å². The molecule has 24 heavy (non-hydrogen) atoms. The van der Waals surface area contributed by atoms with Gasteiger partial charge in [-0.15, -0.1) is 0 Å². The first-order valence-electron chi connectivity index (χ1n) is 8.71. The van der Waals surface area contributed by atoms with Gasteiger partial charge in [0.1, 0.15) is 6.61 Å². The van der Waals surface area contributed by atoms with Crippen LogP contribution in [0.2, 0.25) is 0 Å². The van der Waals surface area contributed by atoms with Crippen molar-refractivity contribution in [3.8, 4) is 0 Å². The van der Waals surface area contributed by atoms with Gasteiger partial charge in [0.05, 0.1) is 19.3 Å². The van der Waals surface area contributed by atoms with E-state index in [1.807, 2.05) is 35.2 Å². The highest BCUT2D eigenvalue weighted by molar-refractivity contribution is 5.70. The number of ether oxygens (including phenoxy) is 3. The molecule has 0 aliphatic carbocycles. The van der Waals surface area contributed by atoms with Crippen molar-refractivity contribution in [2.45, 2.75) is 50.7 Å². The fourth-order valence-electron chi connectivity index (χ4n) is 3.89. The van der Waals surface area contributed by atoms with Gasteiger partial charge in [-0.2, -0.15) is 0 Å². The molecule has 3 aliphatic heterocycles. The molecule has 0 saturated carbocycles. The molecule has 5 nitrogen and oxygen atoms in total. The quantitative estimate of drug-likeness (QED) is 0.796. The standard InChI is InChI=1S/C19H23NO4/c21-19(24-13-14-4-2-1-3-5-14)20-16-6-7-17(20)11-15(10-16)12-18-22-8-9-23-18/h1-5,10,16-18H,6-9,11-13H2. The maximum atomic E-state index is 12.5. The van der Waals surface area contributed by atoms with Gasteiger partial charge in [-0.05, 0) is 24.8 Å². The van der Waals surface area contributed by atoms with Crippen LogP contribution in [0.5, 0.6) is 0 Å². The zero-order chi connectivity index (χ0) is 16.4. The molecule has 0 radical (unpaired) electrons. The van der Waals surface area contributed by atoms with Crippen LogP contribution in [0, 0.1) is 0 Å². The van der Waals surface area contributed by atoms with Crippen LogP contribution in [-0.2, 0) is 20.8 Å². The van der Waals surface area contributed by atoms with Gasteiger partial charge in [0.25, 0.3) is 0 Å². The maximum absolute atomic E-state index is 12.5. The Kier molecular flexibility index (Phi) is 4.54. The van der Waals surface area contributed by atoms with E-state index in [4.69, 9.17) is 14.2 Å². The minimum atomic E-state index is -0.199. The molecule has 1 amide bonds. The lowest BCUT2D eigenvalue weighted by molar-refractivity contribution is -0.0411. The number of hydrogen-bond acceptors (Lipinski definition) is 4.